The van der Waals surface area contributed by atoms with Gasteiger partial charge in [-0.2, -0.15) is 0 Å². The van der Waals surface area contributed by atoms with Crippen LogP contribution in [-0.2, 0) is 0 Å². The van der Waals surface area contributed by atoms with E-state index in [0.29, 0.717) is 22.4 Å². The van der Waals surface area contributed by atoms with Crippen molar-refractivity contribution in [3.8, 4) is 0 Å². The Kier molecular flexibility index (Phi) is 3.91. The van der Waals surface area contributed by atoms with Gasteiger partial charge in [-0.3, -0.25) is 0 Å². The molecule has 6 heteroatoms. The summed E-state index contributed by atoms with van der Waals surface area (Å²) in [4.78, 5) is 16.3. The van der Waals surface area contributed by atoms with Gasteiger partial charge in [-0.25, -0.2) is 9.78 Å². The van der Waals surface area contributed by atoms with Crippen LogP contribution in [0.2, 0.25) is 5.02 Å². The first-order valence-electron chi connectivity index (χ1n) is 8.67. The van der Waals surface area contributed by atoms with Gasteiger partial charge in [0.2, 0.25) is 0 Å². The number of amides is 2. The summed E-state index contributed by atoms with van der Waals surface area (Å²) >= 11 is 6.00. The summed E-state index contributed by atoms with van der Waals surface area (Å²) in [6.45, 7) is 2.78. The molecule has 128 valence electrons. The second-order valence-corrected chi connectivity index (χ2v) is 7.71. The average Bonchev–Trinajstić information content (AvgIpc) is 2.88. The van der Waals surface area contributed by atoms with E-state index in [-0.39, 0.29) is 6.03 Å². The molecule has 2 aliphatic carbocycles. The molecule has 0 unspecified atom stereocenters. The third-order valence-electron chi connectivity index (χ3n) is 5.30. The first-order chi connectivity index (χ1) is 11.6. The number of carbonyl (C=O) groups is 1. The summed E-state index contributed by atoms with van der Waals surface area (Å²) < 4.78 is 5.88. The summed E-state index contributed by atoms with van der Waals surface area (Å²) in [7, 11) is 0. The van der Waals surface area contributed by atoms with Gasteiger partial charge < -0.3 is 15.1 Å². The predicted octanol–water partition coefficient (Wildman–Crippen LogP) is 4.22. The second kappa shape index (κ2) is 5.96. The van der Waals surface area contributed by atoms with Crippen LogP contribution in [0.5, 0.6) is 0 Å². The molecule has 2 fully saturated rings. The van der Waals surface area contributed by atoms with Crippen LogP contribution >= 0.6 is 11.6 Å². The topological polar surface area (TPSA) is 67.2 Å². The minimum atomic E-state index is -0.0385. The molecule has 5 nitrogen and oxygen atoms in total. The van der Waals surface area contributed by atoms with Crippen LogP contribution in [0.3, 0.4) is 0 Å². The molecule has 0 bridgehead atoms. The maximum absolute atomic E-state index is 11.7. The van der Waals surface area contributed by atoms with Crippen molar-refractivity contribution in [2.24, 2.45) is 5.41 Å². The van der Waals surface area contributed by atoms with Gasteiger partial charge in [-0.05, 0) is 55.7 Å². The molecular formula is C18H22ClN3O2. The van der Waals surface area contributed by atoms with E-state index in [1.807, 2.05) is 25.1 Å². The van der Waals surface area contributed by atoms with Crippen molar-refractivity contribution >= 4 is 28.7 Å². The quantitative estimate of drug-likeness (QED) is 0.870. The van der Waals surface area contributed by atoms with Gasteiger partial charge >= 0.3 is 6.03 Å². The normalized spacial score (nSPS) is 28.4. The average molecular weight is 348 g/mol. The van der Waals surface area contributed by atoms with E-state index in [4.69, 9.17) is 16.0 Å². The Hall–Kier alpha value is -1.75. The molecule has 2 saturated carbocycles. The summed E-state index contributed by atoms with van der Waals surface area (Å²) in [6, 6.07) is 5.82. The number of hydrogen-bond donors (Lipinski definition) is 2. The van der Waals surface area contributed by atoms with E-state index < -0.39 is 0 Å². The van der Waals surface area contributed by atoms with Gasteiger partial charge in [0.05, 0.1) is 0 Å². The Bertz CT molecular complexity index is 759. The maximum Gasteiger partial charge on any atom is 0.315 e. The Morgan fingerprint density at radius 3 is 2.92 bits per heavy atom. The van der Waals surface area contributed by atoms with Gasteiger partial charge in [0.15, 0.2) is 11.5 Å². The maximum atomic E-state index is 11.7. The molecule has 0 atom stereocenters. The first kappa shape index (κ1) is 15.8. The molecule has 0 aliphatic heterocycles. The van der Waals surface area contributed by atoms with Crippen LogP contribution in [0.4, 0.5) is 4.79 Å². The number of urea groups is 1. The lowest BCUT2D eigenvalue weighted by Crippen LogP contribution is -2.57. The van der Waals surface area contributed by atoms with Crippen molar-refractivity contribution in [2.75, 3.05) is 6.54 Å². The van der Waals surface area contributed by atoms with E-state index in [2.05, 4.69) is 15.6 Å². The fourth-order valence-electron chi connectivity index (χ4n) is 4.15. The molecular weight excluding hydrogens is 326 g/mol. The third-order valence-corrected chi connectivity index (χ3v) is 5.54. The van der Waals surface area contributed by atoms with Crippen molar-refractivity contribution in [3.63, 3.8) is 0 Å². The number of benzene rings is 1. The molecule has 4 rings (SSSR count). The van der Waals surface area contributed by atoms with Crippen LogP contribution in [0.15, 0.2) is 22.6 Å². The minimum Gasteiger partial charge on any atom is -0.440 e. The number of hydrogen-bond acceptors (Lipinski definition) is 3. The standard InChI is InChI=1S/C18H22ClN3O2/c1-2-5-20-17(23)21-13-9-18(10-13)7-11(8-18)16-22-14-6-12(19)3-4-15(14)24-16/h3-4,6,11,13H,2,5,7-10H2,1H3,(H2,20,21,23). The lowest BCUT2D eigenvalue weighted by molar-refractivity contribution is -0.0236. The first-order valence-corrected chi connectivity index (χ1v) is 9.05. The van der Waals surface area contributed by atoms with Gasteiger partial charge in [-0.1, -0.05) is 18.5 Å². The molecule has 24 heavy (non-hydrogen) atoms. The Labute approximate surface area is 146 Å². The number of halogens is 1. The van der Waals surface area contributed by atoms with Gasteiger partial charge in [0, 0.05) is 23.5 Å². The molecule has 1 aromatic carbocycles. The number of nitrogens with one attached hydrogen (secondary N) is 2. The highest BCUT2D eigenvalue weighted by atomic mass is 35.5. The van der Waals surface area contributed by atoms with E-state index in [1.165, 1.54) is 0 Å². The van der Waals surface area contributed by atoms with Crippen molar-refractivity contribution in [3.05, 3.63) is 29.1 Å². The summed E-state index contributed by atoms with van der Waals surface area (Å²) in [6.07, 6.45) is 5.29. The number of nitrogens with zero attached hydrogens (tertiary/aromatic N) is 1. The smallest absolute Gasteiger partial charge is 0.315 e. The predicted molar refractivity (Wildman–Crippen MR) is 93.3 cm³/mol. The molecule has 1 heterocycles. The monoisotopic (exact) mass is 347 g/mol. The molecule has 0 radical (unpaired) electrons. The Balaban J connectivity index is 1.30. The van der Waals surface area contributed by atoms with Crippen LogP contribution in [-0.4, -0.2) is 23.6 Å². The molecule has 0 saturated heterocycles. The van der Waals surface area contributed by atoms with Crippen LogP contribution < -0.4 is 10.6 Å². The summed E-state index contributed by atoms with van der Waals surface area (Å²) in [5.41, 5.74) is 2.02. The SMILES string of the molecule is CCCNC(=O)NC1CC2(C1)CC(c1nc3cc(Cl)ccc3o1)C2. The molecule has 2 N–H and O–H groups in total. The van der Waals surface area contributed by atoms with E-state index in [0.717, 1.165) is 55.6 Å². The van der Waals surface area contributed by atoms with Crippen molar-refractivity contribution in [1.29, 1.82) is 0 Å². The Morgan fingerprint density at radius 1 is 1.38 bits per heavy atom. The molecule has 1 spiro atoms. The lowest BCUT2D eigenvalue weighted by Gasteiger charge is -2.57. The fourth-order valence-corrected chi connectivity index (χ4v) is 4.32. The van der Waals surface area contributed by atoms with Gasteiger partial charge in [-0.15, -0.1) is 0 Å². The number of carbonyl (C=O) groups excluding carboxylic acids is 1. The van der Waals surface area contributed by atoms with E-state index in [1.54, 1.807) is 0 Å². The van der Waals surface area contributed by atoms with Crippen LogP contribution in [0, 0.1) is 5.41 Å². The van der Waals surface area contributed by atoms with E-state index in [9.17, 15) is 4.79 Å². The zero-order chi connectivity index (χ0) is 16.7. The van der Waals surface area contributed by atoms with Crippen LogP contribution in [0.25, 0.3) is 11.1 Å². The summed E-state index contributed by atoms with van der Waals surface area (Å²) in [5, 5.41) is 6.60. The third kappa shape index (κ3) is 2.86. The Morgan fingerprint density at radius 2 is 2.17 bits per heavy atom. The highest BCUT2D eigenvalue weighted by Gasteiger charge is 2.54. The molecule has 2 aromatic rings. The minimum absolute atomic E-state index is 0.0385. The van der Waals surface area contributed by atoms with Crippen molar-refractivity contribution in [1.82, 2.24) is 15.6 Å². The molecule has 2 aliphatic rings. The zero-order valence-electron chi connectivity index (χ0n) is 13.8. The highest BCUT2D eigenvalue weighted by molar-refractivity contribution is 6.31. The number of oxazole rings is 1. The number of aromatic nitrogens is 1. The lowest BCUT2D eigenvalue weighted by atomic mass is 9.50. The second-order valence-electron chi connectivity index (χ2n) is 7.27. The number of rotatable bonds is 4. The van der Waals surface area contributed by atoms with E-state index >= 15 is 0 Å². The fraction of sp³-hybridized carbons (Fsp3) is 0.556. The van der Waals surface area contributed by atoms with Crippen LogP contribution in [0.1, 0.15) is 50.8 Å². The molecule has 2 amide bonds. The summed E-state index contributed by atoms with van der Waals surface area (Å²) in [5.74, 6) is 1.22. The zero-order valence-corrected chi connectivity index (χ0v) is 14.5. The highest BCUT2D eigenvalue weighted by Crippen LogP contribution is 2.61. The van der Waals surface area contributed by atoms with Crippen molar-refractivity contribution < 1.29 is 9.21 Å². The largest absolute Gasteiger partial charge is 0.440 e. The van der Waals surface area contributed by atoms with Gasteiger partial charge in [0.25, 0.3) is 0 Å². The number of fused-ring (bicyclic) bond motifs is 1. The van der Waals surface area contributed by atoms with Crippen molar-refractivity contribution in [2.45, 2.75) is 51.0 Å². The van der Waals surface area contributed by atoms with Gasteiger partial charge in [0.1, 0.15) is 5.52 Å². The molecule has 1 aromatic heterocycles.